The lowest BCUT2D eigenvalue weighted by molar-refractivity contribution is -0.134. The van der Waals surface area contributed by atoms with Gasteiger partial charge in [-0.2, -0.15) is 10.4 Å². The molecule has 2 aromatic heterocycles. The second-order valence-corrected chi connectivity index (χ2v) is 9.01. The van der Waals surface area contributed by atoms with Crippen LogP contribution >= 0.6 is 0 Å². The Morgan fingerprint density at radius 1 is 1.20 bits per heavy atom. The van der Waals surface area contributed by atoms with E-state index in [4.69, 9.17) is 15.2 Å². The van der Waals surface area contributed by atoms with Crippen molar-refractivity contribution in [1.29, 1.82) is 5.26 Å². The predicted octanol–water partition coefficient (Wildman–Crippen LogP) is 2.05. The fourth-order valence-corrected chi connectivity index (χ4v) is 4.64. The highest BCUT2D eigenvalue weighted by Crippen LogP contribution is 2.47. The smallest absolute Gasteiger partial charge is 0.252 e. The highest BCUT2D eigenvalue weighted by Gasteiger charge is 2.54. The first kappa shape index (κ1) is 22.7. The maximum Gasteiger partial charge on any atom is 0.252 e. The Hall–Kier alpha value is -4.10. The van der Waals surface area contributed by atoms with Gasteiger partial charge in [0.2, 0.25) is 5.91 Å². The number of amides is 2. The van der Waals surface area contributed by atoms with Crippen LogP contribution < -0.4 is 15.8 Å². The van der Waals surface area contributed by atoms with E-state index in [0.717, 1.165) is 16.9 Å². The minimum atomic E-state index is -0.899. The van der Waals surface area contributed by atoms with E-state index in [-0.39, 0.29) is 23.6 Å². The Labute approximate surface area is 202 Å². The van der Waals surface area contributed by atoms with Gasteiger partial charge in [-0.3, -0.25) is 9.59 Å². The van der Waals surface area contributed by atoms with Crippen LogP contribution in [0.1, 0.15) is 23.2 Å². The highest BCUT2D eigenvalue weighted by atomic mass is 16.5. The van der Waals surface area contributed by atoms with Gasteiger partial charge in [-0.05, 0) is 36.6 Å². The van der Waals surface area contributed by atoms with Gasteiger partial charge < -0.3 is 25.4 Å². The van der Waals surface area contributed by atoms with Gasteiger partial charge >= 0.3 is 0 Å². The van der Waals surface area contributed by atoms with E-state index in [1.807, 2.05) is 36.5 Å². The first-order valence-electron chi connectivity index (χ1n) is 11.3. The van der Waals surface area contributed by atoms with Gasteiger partial charge in [0.05, 0.1) is 48.3 Å². The number of nitrogens with zero attached hydrogens (tertiary/aromatic N) is 4. The number of hydrogen-bond donors (Lipinski definition) is 2. The molecule has 3 aromatic rings. The summed E-state index contributed by atoms with van der Waals surface area (Å²) in [7, 11) is 3.20. The molecule has 1 aliphatic heterocycles. The average molecular weight is 475 g/mol. The average Bonchev–Trinajstić information content (AvgIpc) is 3.38. The van der Waals surface area contributed by atoms with Crippen LogP contribution in [0.4, 0.5) is 5.69 Å². The zero-order valence-electron chi connectivity index (χ0n) is 19.5. The van der Waals surface area contributed by atoms with Crippen molar-refractivity contribution in [2.75, 3.05) is 32.6 Å². The number of aromatic nitrogens is 2. The van der Waals surface area contributed by atoms with Crippen LogP contribution in [-0.2, 0) is 9.53 Å². The molecule has 0 radical (unpaired) electrons. The van der Waals surface area contributed by atoms with E-state index in [0.29, 0.717) is 37.1 Å². The summed E-state index contributed by atoms with van der Waals surface area (Å²) in [5.74, 6) is -0.0221. The molecule has 3 heterocycles. The molecule has 0 bridgehead atoms. The molecule has 3 N–H and O–H groups in total. The monoisotopic (exact) mass is 474 g/mol. The number of fused-ring (bicyclic) bond motifs is 1. The number of nitrogens with one attached hydrogen (secondary N) is 1. The highest BCUT2D eigenvalue weighted by molar-refractivity contribution is 6.02. The number of rotatable bonds is 7. The van der Waals surface area contributed by atoms with Gasteiger partial charge in [0.1, 0.15) is 11.2 Å². The molecule has 2 aliphatic rings. The molecule has 180 valence electrons. The number of nitriles is 1. The van der Waals surface area contributed by atoms with E-state index in [2.05, 4.69) is 16.5 Å². The number of anilines is 1. The van der Waals surface area contributed by atoms with Crippen molar-refractivity contribution >= 4 is 23.0 Å². The van der Waals surface area contributed by atoms with E-state index < -0.39 is 11.3 Å². The lowest BCUT2D eigenvalue weighted by Gasteiger charge is -2.21. The summed E-state index contributed by atoms with van der Waals surface area (Å²) >= 11 is 0. The molecular weight excluding hydrogens is 448 g/mol. The Balaban J connectivity index is 1.49. The normalized spacial score (nSPS) is 20.4. The molecule has 1 saturated carbocycles. The van der Waals surface area contributed by atoms with Crippen LogP contribution in [0.25, 0.3) is 16.6 Å². The van der Waals surface area contributed by atoms with Gasteiger partial charge in [-0.25, -0.2) is 4.52 Å². The Morgan fingerprint density at radius 3 is 2.54 bits per heavy atom. The molecular formula is C25H26N6O4. The van der Waals surface area contributed by atoms with Crippen LogP contribution in [0.2, 0.25) is 0 Å². The molecule has 10 heteroatoms. The number of nitrogens with two attached hydrogens (primary N) is 1. The quantitative estimate of drug-likeness (QED) is 0.535. The SMILES string of the molecule is COc1ccc(-c2cc3c(N[C@@H]4CN(C(=O)C5(C#N)CC5)C[C@@H]4OC)c(C(N)=O)cnn3c2)cc1. The zero-order chi connectivity index (χ0) is 24.7. The third-order valence-corrected chi connectivity index (χ3v) is 6.89. The summed E-state index contributed by atoms with van der Waals surface area (Å²) < 4.78 is 12.6. The van der Waals surface area contributed by atoms with Gasteiger partial charge in [0.25, 0.3) is 5.91 Å². The fourth-order valence-electron chi connectivity index (χ4n) is 4.64. The molecule has 5 rings (SSSR count). The molecule has 1 aliphatic carbocycles. The lowest BCUT2D eigenvalue weighted by atomic mass is 10.1. The van der Waals surface area contributed by atoms with Crippen LogP contribution in [0.3, 0.4) is 0 Å². The van der Waals surface area contributed by atoms with Crippen molar-refractivity contribution in [2.24, 2.45) is 11.1 Å². The molecule has 35 heavy (non-hydrogen) atoms. The number of carbonyl (C=O) groups is 2. The standard InChI is InChI=1S/C25H26N6O4/c1-34-17-5-3-15(4-6-17)16-9-20-22(18(23(27)32)10-28-31(20)11-16)29-19-12-30(13-21(19)35-2)24(33)25(14-26)7-8-25/h3-6,9-11,19,21,29H,7-8,12-13H2,1-2H3,(H2,27,32)/t19-,21+/m1/s1. The summed E-state index contributed by atoms with van der Waals surface area (Å²) in [5.41, 5.74) is 8.08. The van der Waals surface area contributed by atoms with Crippen molar-refractivity contribution in [1.82, 2.24) is 14.5 Å². The third kappa shape index (κ3) is 3.94. The van der Waals surface area contributed by atoms with Crippen molar-refractivity contribution in [2.45, 2.75) is 25.0 Å². The Kier molecular flexibility index (Phi) is 5.57. The second-order valence-electron chi connectivity index (χ2n) is 9.01. The fraction of sp³-hybridized carbons (Fsp3) is 0.360. The largest absolute Gasteiger partial charge is 0.497 e. The van der Waals surface area contributed by atoms with Crippen molar-refractivity contribution < 1.29 is 19.1 Å². The second kappa shape index (κ2) is 8.60. The Morgan fingerprint density at radius 2 is 1.94 bits per heavy atom. The summed E-state index contributed by atoms with van der Waals surface area (Å²) in [6.45, 7) is 0.710. The van der Waals surface area contributed by atoms with Crippen molar-refractivity contribution in [3.8, 4) is 22.9 Å². The van der Waals surface area contributed by atoms with Gasteiger partial charge in [-0.15, -0.1) is 0 Å². The Bertz CT molecular complexity index is 1340. The molecule has 1 aromatic carbocycles. The number of likely N-dealkylation sites (tertiary alicyclic amines) is 1. The van der Waals surface area contributed by atoms with Crippen LogP contribution in [0.5, 0.6) is 5.75 Å². The summed E-state index contributed by atoms with van der Waals surface area (Å²) in [4.78, 5) is 26.9. The molecule has 2 amide bonds. The van der Waals surface area contributed by atoms with Crippen LogP contribution in [0, 0.1) is 16.7 Å². The first-order valence-corrected chi connectivity index (χ1v) is 11.3. The summed E-state index contributed by atoms with van der Waals surface area (Å²) in [5, 5.41) is 17.2. The molecule has 0 unspecified atom stereocenters. The number of methoxy groups -OCH3 is 2. The molecule has 10 nitrogen and oxygen atoms in total. The lowest BCUT2D eigenvalue weighted by Crippen LogP contribution is -2.37. The van der Waals surface area contributed by atoms with Crippen LogP contribution in [0.15, 0.2) is 42.7 Å². The summed E-state index contributed by atoms with van der Waals surface area (Å²) in [6.07, 6.45) is 4.16. The molecule has 2 atom stereocenters. The van der Waals surface area contributed by atoms with E-state index in [1.54, 1.807) is 23.6 Å². The number of primary amides is 1. The first-order chi connectivity index (χ1) is 16.9. The third-order valence-electron chi connectivity index (χ3n) is 6.89. The molecule has 1 saturated heterocycles. The van der Waals surface area contributed by atoms with E-state index in [1.165, 1.54) is 6.20 Å². The van der Waals surface area contributed by atoms with Gasteiger partial charge in [-0.1, -0.05) is 12.1 Å². The maximum atomic E-state index is 12.9. The van der Waals surface area contributed by atoms with E-state index in [9.17, 15) is 14.9 Å². The van der Waals surface area contributed by atoms with Gasteiger partial charge in [0.15, 0.2) is 0 Å². The summed E-state index contributed by atoms with van der Waals surface area (Å²) in [6, 6.07) is 11.4. The molecule has 0 spiro atoms. The molecule has 2 fully saturated rings. The van der Waals surface area contributed by atoms with Crippen molar-refractivity contribution in [3.05, 3.63) is 48.3 Å². The zero-order valence-corrected chi connectivity index (χ0v) is 19.5. The van der Waals surface area contributed by atoms with Crippen LogP contribution in [-0.4, -0.2) is 65.8 Å². The predicted molar refractivity (Wildman–Crippen MR) is 128 cm³/mol. The number of carbonyl (C=O) groups excluding carboxylic acids is 2. The topological polar surface area (TPSA) is 135 Å². The minimum absolute atomic E-state index is 0.161. The van der Waals surface area contributed by atoms with Gasteiger partial charge in [0, 0.05) is 32.0 Å². The minimum Gasteiger partial charge on any atom is -0.497 e. The number of ether oxygens (including phenoxy) is 2. The maximum absolute atomic E-state index is 12.9. The number of hydrogen-bond acceptors (Lipinski definition) is 7. The van der Waals surface area contributed by atoms with Crippen molar-refractivity contribution in [3.63, 3.8) is 0 Å². The number of benzene rings is 1. The van der Waals surface area contributed by atoms with E-state index >= 15 is 0 Å².